The Balaban J connectivity index is 1.47. The number of hydrogen-bond donors (Lipinski definition) is 3. The quantitative estimate of drug-likeness (QED) is 0.173. The molecule has 0 bridgehead atoms. The molecule has 1 aliphatic rings. The topological polar surface area (TPSA) is 152 Å². The third-order valence-electron chi connectivity index (χ3n) is 9.54. The number of rotatable bonds is 13. The van der Waals surface area contributed by atoms with E-state index in [2.05, 4.69) is 15.3 Å². The van der Waals surface area contributed by atoms with Crippen LogP contribution in [0.1, 0.15) is 46.4 Å². The Morgan fingerprint density at radius 1 is 0.966 bits per heavy atom. The molecule has 1 saturated heterocycles. The second-order valence-corrected chi connectivity index (χ2v) is 14.3. The van der Waals surface area contributed by atoms with Crippen LogP contribution in [-0.4, -0.2) is 127 Å². The van der Waals surface area contributed by atoms with Crippen molar-refractivity contribution >= 4 is 63.7 Å². The molecule has 14 nitrogen and oxygen atoms in total. The third kappa shape index (κ3) is 10.7. The van der Waals surface area contributed by atoms with Crippen LogP contribution in [0.5, 0.6) is 0 Å². The molecule has 3 heterocycles. The van der Waals surface area contributed by atoms with Crippen LogP contribution >= 0.6 is 11.6 Å². The monoisotopic (exact) mass is 841 g/mol. The van der Waals surface area contributed by atoms with Crippen molar-refractivity contribution in [3.8, 4) is 0 Å². The number of carbonyl (C=O) groups excluding carboxylic acids is 4. The van der Waals surface area contributed by atoms with Crippen molar-refractivity contribution in [1.29, 1.82) is 5.41 Å². The van der Waals surface area contributed by atoms with Gasteiger partial charge in [-0.15, -0.1) is 0 Å². The largest absolute Gasteiger partial charge is 0.471 e. The normalized spacial score (nSPS) is 14.3. The van der Waals surface area contributed by atoms with E-state index in [9.17, 15) is 45.5 Å². The van der Waals surface area contributed by atoms with Crippen molar-refractivity contribution < 1.29 is 50.4 Å². The number of halogens is 7. The van der Waals surface area contributed by atoms with Gasteiger partial charge >= 0.3 is 18.3 Å². The molecule has 4 amide bonds. The molecule has 0 radical (unpaired) electrons. The van der Waals surface area contributed by atoms with Gasteiger partial charge in [0.1, 0.15) is 11.5 Å². The Bertz CT molecular complexity index is 2040. The smallest absolute Gasteiger partial charge is 0.340 e. The van der Waals surface area contributed by atoms with Gasteiger partial charge in [-0.3, -0.25) is 24.6 Å². The molecule has 1 unspecified atom stereocenters. The maximum absolute atomic E-state index is 13.9. The summed E-state index contributed by atoms with van der Waals surface area (Å²) in [5.41, 5.74) is -2.76. The Labute approximate surface area is 335 Å². The molecule has 1 aromatic carbocycles. The molecule has 3 aromatic rings. The van der Waals surface area contributed by atoms with Crippen LogP contribution in [-0.2, 0) is 16.6 Å². The molecule has 4 rings (SSSR count). The Kier molecular flexibility index (Phi) is 14.3. The Morgan fingerprint density at radius 3 is 2.14 bits per heavy atom. The summed E-state index contributed by atoms with van der Waals surface area (Å²) in [7, 11) is 7.48. The van der Waals surface area contributed by atoms with Gasteiger partial charge in [-0.2, -0.15) is 26.3 Å². The number of nitrogens with one attached hydrogen (secondary N) is 3. The molecule has 0 saturated carbocycles. The second kappa shape index (κ2) is 18.4. The van der Waals surface area contributed by atoms with E-state index in [1.165, 1.54) is 37.2 Å². The molecule has 1 atom stereocenters. The molecule has 0 spiro atoms. The van der Waals surface area contributed by atoms with Gasteiger partial charge in [-0.1, -0.05) is 18.5 Å². The number of amides is 4. The fraction of sp³-hybridized carbons (Fsp3) is 0.432. The van der Waals surface area contributed by atoms with E-state index < -0.39 is 35.5 Å². The summed E-state index contributed by atoms with van der Waals surface area (Å²) in [6.07, 6.45) is -6.03. The molecule has 58 heavy (non-hydrogen) atoms. The van der Waals surface area contributed by atoms with Gasteiger partial charge in [0.15, 0.2) is 5.82 Å². The number of hydrogen-bond acceptors (Lipinski definition) is 8. The minimum atomic E-state index is -5.15. The molecular formula is C37H44ClF6N10O4+. The van der Waals surface area contributed by atoms with Gasteiger partial charge < -0.3 is 34.4 Å². The summed E-state index contributed by atoms with van der Waals surface area (Å²) >= 11 is 6.49. The zero-order valence-corrected chi connectivity index (χ0v) is 33.3. The highest BCUT2D eigenvalue weighted by molar-refractivity contribution is 6.34. The van der Waals surface area contributed by atoms with Crippen molar-refractivity contribution in [2.45, 2.75) is 32.1 Å². The van der Waals surface area contributed by atoms with Gasteiger partial charge in [0.25, 0.3) is 11.8 Å². The number of anilines is 3. The average Bonchev–Trinajstić information content (AvgIpc) is 3.55. The maximum atomic E-state index is 13.9. The van der Waals surface area contributed by atoms with Crippen LogP contribution in [0.3, 0.4) is 0 Å². The Morgan fingerprint density at radius 2 is 1.60 bits per heavy atom. The average molecular weight is 842 g/mol. The first-order valence-corrected chi connectivity index (χ1v) is 18.3. The molecule has 2 aromatic heterocycles. The van der Waals surface area contributed by atoms with Gasteiger partial charge in [0, 0.05) is 77.1 Å². The minimum Gasteiger partial charge on any atom is -0.340 e. The fourth-order valence-electron chi connectivity index (χ4n) is 6.11. The van der Waals surface area contributed by atoms with Crippen LogP contribution in [0, 0.1) is 11.3 Å². The first kappa shape index (κ1) is 45.2. The molecular weight excluding hydrogens is 798 g/mol. The maximum Gasteiger partial charge on any atom is 0.471 e. The molecule has 314 valence electrons. The van der Waals surface area contributed by atoms with Crippen molar-refractivity contribution in [3.05, 3.63) is 71.0 Å². The fourth-order valence-corrected chi connectivity index (χ4v) is 6.37. The number of aromatic nitrogens is 3. The highest BCUT2D eigenvalue weighted by atomic mass is 35.5. The van der Waals surface area contributed by atoms with Crippen LogP contribution in [0.25, 0.3) is 5.57 Å². The van der Waals surface area contributed by atoms with E-state index in [1.807, 2.05) is 21.0 Å². The zero-order valence-electron chi connectivity index (χ0n) is 32.6. The summed E-state index contributed by atoms with van der Waals surface area (Å²) in [6.45, 7) is 4.23. The van der Waals surface area contributed by atoms with Crippen LogP contribution < -0.4 is 20.0 Å². The lowest BCUT2D eigenvalue weighted by Gasteiger charge is -2.36. The highest BCUT2D eigenvalue weighted by Gasteiger charge is 2.42. The lowest BCUT2D eigenvalue weighted by molar-refractivity contribution is -0.858. The third-order valence-corrected chi connectivity index (χ3v) is 9.85. The second-order valence-electron chi connectivity index (χ2n) is 13.9. The van der Waals surface area contributed by atoms with Crippen molar-refractivity contribution in [2.75, 3.05) is 76.0 Å². The summed E-state index contributed by atoms with van der Waals surface area (Å²) in [6, 6.07) is 6.45. The van der Waals surface area contributed by atoms with Crippen molar-refractivity contribution in [1.82, 2.24) is 24.3 Å². The van der Waals surface area contributed by atoms with E-state index >= 15 is 0 Å². The Hall–Kier alpha value is -5.50. The molecule has 0 aliphatic carbocycles. The SMILES string of the molecule is CCC(CC[NH+](C)C)C(=O)N1CCN(C(=O)c2ccc(NC(=O)c3ncc(/C(=C/N(C)c4ccc(N(C)C(=O)C(F)(F)F)cn4)C(=N)C(F)(F)F)n3C)cc2Cl)CC1. The van der Waals surface area contributed by atoms with Gasteiger partial charge in [0.2, 0.25) is 5.91 Å². The number of nitrogens with zero attached hydrogens (tertiary/aromatic N) is 7. The first-order valence-electron chi connectivity index (χ1n) is 18.0. The van der Waals surface area contributed by atoms with Crippen molar-refractivity contribution in [2.24, 2.45) is 13.0 Å². The van der Waals surface area contributed by atoms with E-state index in [1.54, 1.807) is 9.80 Å². The minimum absolute atomic E-state index is 0.0196. The number of benzene rings is 1. The van der Waals surface area contributed by atoms with E-state index in [0.717, 1.165) is 66.6 Å². The van der Waals surface area contributed by atoms with Gasteiger partial charge in [0.05, 0.1) is 55.0 Å². The van der Waals surface area contributed by atoms with Gasteiger partial charge in [-0.05, 0) is 36.8 Å². The van der Waals surface area contributed by atoms with E-state index in [4.69, 9.17) is 17.0 Å². The van der Waals surface area contributed by atoms with Crippen LogP contribution in [0.15, 0.2) is 48.9 Å². The molecule has 1 aliphatic heterocycles. The predicted molar refractivity (Wildman–Crippen MR) is 205 cm³/mol. The van der Waals surface area contributed by atoms with Crippen LogP contribution in [0.2, 0.25) is 5.02 Å². The number of carbonyl (C=O) groups is 4. The summed E-state index contributed by atoms with van der Waals surface area (Å²) < 4.78 is 81.4. The number of imidazole rings is 1. The van der Waals surface area contributed by atoms with Crippen molar-refractivity contribution in [3.63, 3.8) is 0 Å². The van der Waals surface area contributed by atoms with E-state index in [0.29, 0.717) is 31.1 Å². The van der Waals surface area contributed by atoms with Crippen LogP contribution in [0.4, 0.5) is 43.5 Å². The zero-order chi connectivity index (χ0) is 43.3. The number of piperazine rings is 1. The summed E-state index contributed by atoms with van der Waals surface area (Å²) in [5, 5.41) is 10.5. The van der Waals surface area contributed by atoms with E-state index in [-0.39, 0.29) is 57.0 Å². The molecule has 1 fully saturated rings. The summed E-state index contributed by atoms with van der Waals surface area (Å²) in [4.78, 5) is 65.4. The number of quaternary nitrogens is 1. The number of allylic oxidation sites excluding steroid dienone is 1. The highest BCUT2D eigenvalue weighted by Crippen LogP contribution is 2.30. The molecule has 21 heteroatoms. The first-order chi connectivity index (χ1) is 27.0. The number of alkyl halides is 6. The summed E-state index contributed by atoms with van der Waals surface area (Å²) in [5.74, 6) is -3.80. The lowest BCUT2D eigenvalue weighted by Crippen LogP contribution is -3.05. The predicted octanol–water partition coefficient (Wildman–Crippen LogP) is 4.15. The lowest BCUT2D eigenvalue weighted by atomic mass is 10.00. The van der Waals surface area contributed by atoms with Gasteiger partial charge in [-0.25, -0.2) is 9.97 Å². The standard InChI is InChI=1S/C37H43ClF6N10O4/c1-7-22(12-13-49(2)3)33(56)53-14-16-54(17-15-53)34(57)25-10-8-23(18-27(25)38)48-32(55)31-47-20-28(52(31)6)26(30(45)36(39,40)41)21-50(4)29-11-9-24(19-46-29)51(5)35(58)37(42,43)44/h8-11,18-22,45H,7,12-17H2,1-6H3,(H,48,55)/p+1/b26-21-,45-30?. The number of pyridine rings is 1. The molecule has 3 N–H and O–H groups in total.